The van der Waals surface area contributed by atoms with Gasteiger partial charge in [-0.1, -0.05) is 0 Å². The Morgan fingerprint density at radius 2 is 2.33 bits per heavy atom. The van der Waals surface area contributed by atoms with Gasteiger partial charge in [0.2, 0.25) is 5.91 Å². The summed E-state index contributed by atoms with van der Waals surface area (Å²) in [6.45, 7) is 3.58. The van der Waals surface area contributed by atoms with Gasteiger partial charge in [0.05, 0.1) is 11.6 Å². The van der Waals surface area contributed by atoms with E-state index < -0.39 is 5.91 Å². The highest BCUT2D eigenvalue weighted by Gasteiger charge is 2.29. The number of piperidine rings is 1. The second-order valence-corrected chi connectivity index (χ2v) is 6.96. The molecule has 1 aliphatic rings. The average Bonchev–Trinajstić information content (AvgIpc) is 3.25. The van der Waals surface area contributed by atoms with Crippen LogP contribution in [0.25, 0.3) is 0 Å². The summed E-state index contributed by atoms with van der Waals surface area (Å²) < 4.78 is 0. The van der Waals surface area contributed by atoms with Gasteiger partial charge in [0.1, 0.15) is 5.00 Å². The largest absolute Gasteiger partial charge is 0.366 e. The first-order chi connectivity index (χ1) is 11.6. The summed E-state index contributed by atoms with van der Waals surface area (Å²) >= 11 is 1.30. The quantitative estimate of drug-likeness (QED) is 0.767. The molecule has 0 spiro atoms. The topological polar surface area (TPSA) is 104 Å². The number of aromatic amines is 1. The first-order valence-electron chi connectivity index (χ1n) is 7.97. The number of nitrogens with zero attached hydrogens (tertiary/aromatic N) is 2. The minimum atomic E-state index is -0.531. The van der Waals surface area contributed by atoms with Crippen molar-refractivity contribution >= 4 is 28.2 Å². The summed E-state index contributed by atoms with van der Waals surface area (Å²) in [7, 11) is 0. The number of rotatable bonds is 5. The molecule has 0 aromatic carbocycles. The number of primary amides is 1. The standard InChI is InChI=1S/C16H21N5O2S/c1-10(15(23)19-16-12(14(17)22)5-8-24-16)21-7-2-3-11(9-21)13-4-6-18-20-13/h4-6,8,10-11H,2-3,7,9H2,1H3,(H2,17,22)(H,18,20)(H,19,23)/t10-,11+/m0/s1. The van der Waals surface area contributed by atoms with Gasteiger partial charge in [-0.3, -0.25) is 19.6 Å². The van der Waals surface area contributed by atoms with E-state index in [4.69, 9.17) is 5.73 Å². The molecule has 2 aromatic rings. The van der Waals surface area contributed by atoms with Gasteiger partial charge in [0.25, 0.3) is 5.91 Å². The molecule has 2 amide bonds. The minimum Gasteiger partial charge on any atom is -0.366 e. The molecule has 3 heterocycles. The molecule has 0 radical (unpaired) electrons. The van der Waals surface area contributed by atoms with Crippen molar-refractivity contribution in [1.29, 1.82) is 0 Å². The predicted molar refractivity (Wildman–Crippen MR) is 93.1 cm³/mol. The molecule has 0 aliphatic carbocycles. The van der Waals surface area contributed by atoms with Crippen molar-refractivity contribution in [1.82, 2.24) is 15.1 Å². The number of likely N-dealkylation sites (tertiary alicyclic amines) is 1. The second kappa shape index (κ2) is 7.14. The summed E-state index contributed by atoms with van der Waals surface area (Å²) in [4.78, 5) is 26.1. The number of hydrogen-bond donors (Lipinski definition) is 3. The van der Waals surface area contributed by atoms with Gasteiger partial charge in [-0.25, -0.2) is 0 Å². The molecule has 128 valence electrons. The molecule has 2 atom stereocenters. The third-order valence-electron chi connectivity index (χ3n) is 4.51. The van der Waals surface area contributed by atoms with Crippen molar-refractivity contribution in [2.45, 2.75) is 31.7 Å². The van der Waals surface area contributed by atoms with E-state index in [1.165, 1.54) is 11.3 Å². The third kappa shape index (κ3) is 3.49. The van der Waals surface area contributed by atoms with E-state index >= 15 is 0 Å². The molecule has 0 saturated carbocycles. The average molecular weight is 347 g/mol. The smallest absolute Gasteiger partial charge is 0.251 e. The van der Waals surface area contributed by atoms with Gasteiger partial charge < -0.3 is 11.1 Å². The molecule has 0 bridgehead atoms. The van der Waals surface area contributed by atoms with Gasteiger partial charge in [0.15, 0.2) is 0 Å². The maximum atomic E-state index is 12.6. The Bertz CT molecular complexity index is 712. The number of thiophene rings is 1. The van der Waals surface area contributed by atoms with Gasteiger partial charge in [-0.2, -0.15) is 5.10 Å². The van der Waals surface area contributed by atoms with Crippen LogP contribution in [0.15, 0.2) is 23.7 Å². The van der Waals surface area contributed by atoms with E-state index in [1.54, 1.807) is 17.6 Å². The molecule has 1 aliphatic heterocycles. The highest BCUT2D eigenvalue weighted by Crippen LogP contribution is 2.27. The van der Waals surface area contributed by atoms with E-state index in [0.717, 1.165) is 31.6 Å². The van der Waals surface area contributed by atoms with Gasteiger partial charge in [-0.15, -0.1) is 11.3 Å². The van der Waals surface area contributed by atoms with Gasteiger partial charge in [-0.05, 0) is 43.8 Å². The number of anilines is 1. The molecule has 0 unspecified atom stereocenters. The van der Waals surface area contributed by atoms with E-state index in [0.29, 0.717) is 16.5 Å². The molecule has 4 N–H and O–H groups in total. The highest BCUT2D eigenvalue weighted by molar-refractivity contribution is 7.14. The summed E-state index contributed by atoms with van der Waals surface area (Å²) in [5, 5.41) is 12.1. The Hall–Kier alpha value is -2.19. The van der Waals surface area contributed by atoms with Crippen LogP contribution in [0.4, 0.5) is 5.00 Å². The summed E-state index contributed by atoms with van der Waals surface area (Å²) in [5.74, 6) is -0.291. The first-order valence-corrected chi connectivity index (χ1v) is 8.85. The fourth-order valence-corrected chi connectivity index (χ4v) is 3.88. The lowest BCUT2D eigenvalue weighted by atomic mass is 9.94. The Kier molecular flexibility index (Phi) is 4.96. The molecule has 8 heteroatoms. The van der Waals surface area contributed by atoms with Crippen molar-refractivity contribution in [3.05, 3.63) is 35.0 Å². The molecular weight excluding hydrogens is 326 g/mol. The number of carbonyl (C=O) groups is 2. The zero-order valence-corrected chi connectivity index (χ0v) is 14.3. The maximum Gasteiger partial charge on any atom is 0.251 e. The SMILES string of the molecule is C[C@@H](C(=O)Nc1sccc1C(N)=O)N1CCC[C@@H](c2ccn[nH]2)C1. The van der Waals surface area contributed by atoms with Crippen molar-refractivity contribution in [3.8, 4) is 0 Å². The predicted octanol–water partition coefficient (Wildman–Crippen LogP) is 1.78. The monoisotopic (exact) mass is 347 g/mol. The van der Waals surface area contributed by atoms with Gasteiger partial charge in [0, 0.05) is 24.4 Å². The first kappa shape index (κ1) is 16.7. The molecule has 1 saturated heterocycles. The number of amides is 2. The van der Waals surface area contributed by atoms with Crippen LogP contribution in [-0.2, 0) is 4.79 Å². The normalized spacial score (nSPS) is 19.8. The van der Waals surface area contributed by atoms with Crippen LogP contribution in [0.2, 0.25) is 0 Å². The van der Waals surface area contributed by atoms with Crippen LogP contribution in [0.3, 0.4) is 0 Å². The van der Waals surface area contributed by atoms with Crippen molar-refractivity contribution in [2.75, 3.05) is 18.4 Å². The molecule has 3 rings (SSSR count). The highest BCUT2D eigenvalue weighted by atomic mass is 32.1. The summed E-state index contributed by atoms with van der Waals surface area (Å²) in [6.07, 6.45) is 3.88. The summed E-state index contributed by atoms with van der Waals surface area (Å²) in [6, 6.07) is 3.34. The van der Waals surface area contributed by atoms with Crippen LogP contribution in [0, 0.1) is 0 Å². The Morgan fingerprint density at radius 1 is 1.50 bits per heavy atom. The van der Waals surface area contributed by atoms with Crippen LogP contribution < -0.4 is 11.1 Å². The minimum absolute atomic E-state index is 0.120. The van der Waals surface area contributed by atoms with Gasteiger partial charge >= 0.3 is 0 Å². The lowest BCUT2D eigenvalue weighted by Gasteiger charge is -2.35. The van der Waals surface area contributed by atoms with Crippen molar-refractivity contribution < 1.29 is 9.59 Å². The van der Waals surface area contributed by atoms with E-state index in [-0.39, 0.29) is 11.9 Å². The number of carbonyl (C=O) groups excluding carboxylic acids is 2. The fourth-order valence-electron chi connectivity index (χ4n) is 3.09. The lowest BCUT2D eigenvalue weighted by Crippen LogP contribution is -2.46. The Labute approximate surface area is 144 Å². The van der Waals surface area contributed by atoms with E-state index in [9.17, 15) is 9.59 Å². The number of H-pyrrole nitrogens is 1. The summed E-state index contributed by atoms with van der Waals surface area (Å²) in [5.41, 5.74) is 6.79. The molecule has 2 aromatic heterocycles. The van der Waals surface area contributed by atoms with E-state index in [2.05, 4.69) is 20.4 Å². The second-order valence-electron chi connectivity index (χ2n) is 6.04. The number of nitrogens with two attached hydrogens (primary N) is 1. The van der Waals surface area contributed by atoms with Crippen LogP contribution in [-0.4, -0.2) is 46.0 Å². The molecular formula is C16H21N5O2S. The maximum absolute atomic E-state index is 12.6. The zero-order valence-electron chi connectivity index (χ0n) is 13.5. The number of hydrogen-bond acceptors (Lipinski definition) is 5. The lowest BCUT2D eigenvalue weighted by molar-refractivity contribution is -0.121. The Balaban J connectivity index is 1.64. The molecule has 7 nitrogen and oxygen atoms in total. The van der Waals surface area contributed by atoms with Crippen LogP contribution >= 0.6 is 11.3 Å². The Morgan fingerprint density at radius 3 is 3.04 bits per heavy atom. The van der Waals surface area contributed by atoms with Crippen LogP contribution in [0.1, 0.15) is 41.7 Å². The third-order valence-corrected chi connectivity index (χ3v) is 5.34. The number of nitrogens with one attached hydrogen (secondary N) is 2. The zero-order chi connectivity index (χ0) is 17.1. The van der Waals surface area contributed by atoms with Crippen molar-refractivity contribution in [3.63, 3.8) is 0 Å². The fraction of sp³-hybridized carbons (Fsp3) is 0.438. The van der Waals surface area contributed by atoms with Crippen molar-refractivity contribution in [2.24, 2.45) is 5.73 Å². The molecule has 1 fully saturated rings. The van der Waals surface area contributed by atoms with Crippen LogP contribution in [0.5, 0.6) is 0 Å². The van der Waals surface area contributed by atoms with E-state index in [1.807, 2.05) is 13.0 Å². The molecule has 24 heavy (non-hydrogen) atoms. The number of aromatic nitrogens is 2.